The van der Waals surface area contributed by atoms with Crippen molar-refractivity contribution in [3.8, 4) is 0 Å². The van der Waals surface area contributed by atoms with Gasteiger partial charge in [-0.05, 0) is 37.5 Å². The molecular formula is C13H25NO2. The molecule has 0 amide bonds. The number of esters is 1. The zero-order chi connectivity index (χ0) is 12.1. The van der Waals surface area contributed by atoms with E-state index in [1.54, 1.807) is 0 Å². The summed E-state index contributed by atoms with van der Waals surface area (Å²) in [6.07, 6.45) is 5.40. The Morgan fingerprint density at radius 1 is 1.38 bits per heavy atom. The summed E-state index contributed by atoms with van der Waals surface area (Å²) in [6, 6.07) is -0.450. The largest absolute Gasteiger partial charge is 0.461 e. The molecule has 94 valence electrons. The Labute approximate surface area is 98.7 Å². The SMILES string of the molecule is CC(C)C[C@@H](N)C(=O)OC1CCCCC1C. The van der Waals surface area contributed by atoms with Gasteiger partial charge in [0.1, 0.15) is 12.1 Å². The van der Waals surface area contributed by atoms with Crippen molar-refractivity contribution >= 4 is 5.97 Å². The summed E-state index contributed by atoms with van der Waals surface area (Å²) < 4.78 is 5.50. The molecule has 0 aromatic rings. The van der Waals surface area contributed by atoms with Crippen molar-refractivity contribution in [3.63, 3.8) is 0 Å². The topological polar surface area (TPSA) is 52.3 Å². The number of carbonyl (C=O) groups is 1. The van der Waals surface area contributed by atoms with Gasteiger partial charge >= 0.3 is 5.97 Å². The molecule has 2 unspecified atom stereocenters. The fourth-order valence-electron chi connectivity index (χ4n) is 2.30. The summed E-state index contributed by atoms with van der Waals surface area (Å²) in [7, 11) is 0. The molecule has 0 bridgehead atoms. The first-order valence-corrected chi connectivity index (χ1v) is 6.46. The van der Waals surface area contributed by atoms with E-state index < -0.39 is 6.04 Å². The normalized spacial score (nSPS) is 27.8. The molecule has 3 nitrogen and oxygen atoms in total. The number of ether oxygens (including phenoxy) is 1. The molecule has 1 aliphatic carbocycles. The van der Waals surface area contributed by atoms with Gasteiger partial charge < -0.3 is 10.5 Å². The third kappa shape index (κ3) is 4.12. The van der Waals surface area contributed by atoms with Gasteiger partial charge in [0.15, 0.2) is 0 Å². The van der Waals surface area contributed by atoms with E-state index in [9.17, 15) is 4.79 Å². The van der Waals surface area contributed by atoms with Gasteiger partial charge in [-0.25, -0.2) is 0 Å². The third-order valence-electron chi connectivity index (χ3n) is 3.33. The van der Waals surface area contributed by atoms with Gasteiger partial charge in [0.2, 0.25) is 0 Å². The van der Waals surface area contributed by atoms with Crippen molar-refractivity contribution < 1.29 is 9.53 Å². The van der Waals surface area contributed by atoms with Crippen LogP contribution in [0.1, 0.15) is 52.9 Å². The molecule has 2 N–H and O–H groups in total. The van der Waals surface area contributed by atoms with Gasteiger partial charge in [-0.1, -0.05) is 27.2 Å². The van der Waals surface area contributed by atoms with E-state index >= 15 is 0 Å². The fourth-order valence-corrected chi connectivity index (χ4v) is 2.30. The summed E-state index contributed by atoms with van der Waals surface area (Å²) in [6.45, 7) is 6.29. The number of hydrogen-bond donors (Lipinski definition) is 1. The Kier molecular flexibility index (Phi) is 5.26. The minimum atomic E-state index is -0.450. The summed E-state index contributed by atoms with van der Waals surface area (Å²) >= 11 is 0. The monoisotopic (exact) mass is 227 g/mol. The number of rotatable bonds is 4. The molecule has 16 heavy (non-hydrogen) atoms. The van der Waals surface area contributed by atoms with Crippen LogP contribution in [0.2, 0.25) is 0 Å². The minimum Gasteiger partial charge on any atom is -0.461 e. The summed E-state index contributed by atoms with van der Waals surface area (Å²) in [4.78, 5) is 11.7. The standard InChI is InChI=1S/C13H25NO2/c1-9(2)8-11(14)13(15)16-12-7-5-4-6-10(12)3/h9-12H,4-8,14H2,1-3H3/t10?,11-,12?/m1/s1. The maximum atomic E-state index is 11.7. The van der Waals surface area contributed by atoms with E-state index in [0.717, 1.165) is 12.8 Å². The van der Waals surface area contributed by atoms with Crippen LogP contribution in [0.3, 0.4) is 0 Å². The Bertz CT molecular complexity index is 228. The van der Waals surface area contributed by atoms with Crippen molar-refractivity contribution in [2.45, 2.75) is 65.0 Å². The second kappa shape index (κ2) is 6.24. The predicted octanol–water partition coefficient (Wildman–Crippen LogP) is 2.48. The average molecular weight is 227 g/mol. The zero-order valence-corrected chi connectivity index (χ0v) is 10.7. The maximum Gasteiger partial charge on any atom is 0.323 e. The maximum absolute atomic E-state index is 11.7. The molecule has 1 fully saturated rings. The molecule has 3 heteroatoms. The van der Waals surface area contributed by atoms with Crippen molar-refractivity contribution in [1.82, 2.24) is 0 Å². The van der Waals surface area contributed by atoms with Crippen molar-refractivity contribution in [2.24, 2.45) is 17.6 Å². The molecular weight excluding hydrogens is 202 g/mol. The molecule has 1 rings (SSSR count). The first-order chi connectivity index (χ1) is 7.50. The van der Waals surface area contributed by atoms with Gasteiger partial charge in [-0.2, -0.15) is 0 Å². The van der Waals surface area contributed by atoms with E-state index in [2.05, 4.69) is 20.8 Å². The Morgan fingerprint density at radius 3 is 2.56 bits per heavy atom. The Balaban J connectivity index is 2.37. The summed E-state index contributed by atoms with van der Waals surface area (Å²) in [5.74, 6) is 0.711. The zero-order valence-electron chi connectivity index (χ0n) is 10.7. The number of nitrogens with two attached hydrogens (primary N) is 1. The van der Waals surface area contributed by atoms with Gasteiger partial charge in [0.05, 0.1) is 0 Å². The van der Waals surface area contributed by atoms with Crippen LogP contribution in [-0.2, 0) is 9.53 Å². The average Bonchev–Trinajstić information content (AvgIpc) is 2.20. The third-order valence-corrected chi connectivity index (χ3v) is 3.33. The summed E-state index contributed by atoms with van der Waals surface area (Å²) in [5.41, 5.74) is 5.81. The highest BCUT2D eigenvalue weighted by Gasteiger charge is 2.27. The van der Waals surface area contributed by atoms with Gasteiger partial charge in [0.25, 0.3) is 0 Å². The molecule has 0 saturated heterocycles. The van der Waals surface area contributed by atoms with Gasteiger partial charge in [-0.3, -0.25) is 4.79 Å². The predicted molar refractivity (Wildman–Crippen MR) is 64.9 cm³/mol. The van der Waals surface area contributed by atoms with Crippen LogP contribution < -0.4 is 5.73 Å². The lowest BCUT2D eigenvalue weighted by molar-refractivity contribution is -0.155. The van der Waals surface area contributed by atoms with E-state index in [1.165, 1.54) is 12.8 Å². The number of hydrogen-bond acceptors (Lipinski definition) is 3. The van der Waals surface area contributed by atoms with E-state index in [1.807, 2.05) is 0 Å². The summed E-state index contributed by atoms with van der Waals surface area (Å²) in [5, 5.41) is 0. The van der Waals surface area contributed by atoms with Crippen LogP contribution in [0.4, 0.5) is 0 Å². The van der Waals surface area contributed by atoms with E-state index in [0.29, 0.717) is 18.3 Å². The lowest BCUT2D eigenvalue weighted by Crippen LogP contribution is -2.38. The second-order valence-electron chi connectivity index (χ2n) is 5.47. The molecule has 0 heterocycles. The molecule has 0 radical (unpaired) electrons. The van der Waals surface area contributed by atoms with Crippen LogP contribution in [0.5, 0.6) is 0 Å². The molecule has 0 spiro atoms. The van der Waals surface area contributed by atoms with Crippen LogP contribution in [-0.4, -0.2) is 18.1 Å². The highest BCUT2D eigenvalue weighted by molar-refractivity contribution is 5.75. The van der Waals surface area contributed by atoms with E-state index in [-0.39, 0.29) is 12.1 Å². The first kappa shape index (κ1) is 13.5. The smallest absolute Gasteiger partial charge is 0.323 e. The highest BCUT2D eigenvalue weighted by Crippen LogP contribution is 2.26. The lowest BCUT2D eigenvalue weighted by atomic mass is 9.88. The molecule has 0 aromatic heterocycles. The molecule has 1 saturated carbocycles. The Hall–Kier alpha value is -0.570. The minimum absolute atomic E-state index is 0.0967. The quantitative estimate of drug-likeness (QED) is 0.751. The lowest BCUT2D eigenvalue weighted by Gasteiger charge is -2.29. The Morgan fingerprint density at radius 2 is 2.00 bits per heavy atom. The van der Waals surface area contributed by atoms with Crippen molar-refractivity contribution in [1.29, 1.82) is 0 Å². The first-order valence-electron chi connectivity index (χ1n) is 6.46. The second-order valence-corrected chi connectivity index (χ2v) is 5.47. The molecule has 0 aromatic carbocycles. The molecule has 3 atom stereocenters. The molecule has 0 aliphatic heterocycles. The fraction of sp³-hybridized carbons (Fsp3) is 0.923. The molecule has 1 aliphatic rings. The van der Waals surface area contributed by atoms with Crippen LogP contribution >= 0.6 is 0 Å². The van der Waals surface area contributed by atoms with Crippen LogP contribution in [0, 0.1) is 11.8 Å². The highest BCUT2D eigenvalue weighted by atomic mass is 16.5. The number of carbonyl (C=O) groups excluding carboxylic acids is 1. The van der Waals surface area contributed by atoms with Crippen molar-refractivity contribution in [2.75, 3.05) is 0 Å². The van der Waals surface area contributed by atoms with Crippen molar-refractivity contribution in [3.05, 3.63) is 0 Å². The van der Waals surface area contributed by atoms with Gasteiger partial charge in [-0.15, -0.1) is 0 Å². The van der Waals surface area contributed by atoms with E-state index in [4.69, 9.17) is 10.5 Å². The van der Waals surface area contributed by atoms with Crippen LogP contribution in [0.25, 0.3) is 0 Å². The van der Waals surface area contributed by atoms with Crippen LogP contribution in [0.15, 0.2) is 0 Å². The van der Waals surface area contributed by atoms with Gasteiger partial charge in [0, 0.05) is 0 Å².